The highest BCUT2D eigenvalue weighted by molar-refractivity contribution is 4.77. The summed E-state index contributed by atoms with van der Waals surface area (Å²) in [5.74, 6) is 0. The highest BCUT2D eigenvalue weighted by atomic mass is 15.0. The fraction of sp³-hybridized carbons (Fsp3) is 0.800. The van der Waals surface area contributed by atoms with E-state index >= 15 is 0 Å². The lowest BCUT2D eigenvalue weighted by molar-refractivity contribution is 0.395. The molecule has 2 nitrogen and oxygen atoms in total. The molecule has 0 aliphatic heterocycles. The van der Waals surface area contributed by atoms with Crippen LogP contribution in [-0.2, 0) is 0 Å². The first kappa shape index (κ1) is 11.7. The van der Waals surface area contributed by atoms with Crippen molar-refractivity contribution in [3.8, 4) is 0 Å². The van der Waals surface area contributed by atoms with Crippen molar-refractivity contribution in [1.29, 1.82) is 0 Å². The van der Waals surface area contributed by atoms with Crippen LogP contribution >= 0.6 is 0 Å². The number of hydrogen-bond acceptors (Lipinski definition) is 2. The normalized spacial score (nSPS) is 11.7. The molecular weight excluding hydrogens is 148 g/mol. The van der Waals surface area contributed by atoms with Gasteiger partial charge in [0.1, 0.15) is 0 Å². The molecule has 0 bridgehead atoms. The Balaban J connectivity index is 2.91. The minimum absolute atomic E-state index is 1.11. The van der Waals surface area contributed by atoms with Crippen LogP contribution in [0.4, 0.5) is 0 Å². The molecule has 0 heterocycles. The molecule has 0 spiro atoms. The maximum Gasteiger partial charge on any atom is -0.00127 e. The molecule has 0 atom stereocenters. The van der Waals surface area contributed by atoms with Crippen LogP contribution in [0.2, 0.25) is 0 Å². The van der Waals surface area contributed by atoms with Gasteiger partial charge in [0.15, 0.2) is 0 Å². The molecule has 72 valence electrons. The SMILES string of the molecule is C/C=C/CCNCCCN(C)C. The van der Waals surface area contributed by atoms with Crippen LogP contribution in [0.3, 0.4) is 0 Å². The van der Waals surface area contributed by atoms with Crippen molar-refractivity contribution in [3.05, 3.63) is 12.2 Å². The predicted octanol–water partition coefficient (Wildman–Crippen LogP) is 1.49. The molecule has 0 aliphatic rings. The molecule has 1 N–H and O–H groups in total. The molecular formula is C10H22N2. The lowest BCUT2D eigenvalue weighted by Crippen LogP contribution is -2.21. The average Bonchev–Trinajstić information content (AvgIpc) is 2.02. The van der Waals surface area contributed by atoms with E-state index in [4.69, 9.17) is 0 Å². The Morgan fingerprint density at radius 3 is 2.58 bits per heavy atom. The van der Waals surface area contributed by atoms with E-state index < -0.39 is 0 Å². The third-order valence-electron chi connectivity index (χ3n) is 1.68. The van der Waals surface area contributed by atoms with Crippen LogP contribution in [0.1, 0.15) is 19.8 Å². The zero-order valence-electron chi connectivity index (χ0n) is 8.64. The van der Waals surface area contributed by atoms with E-state index in [0.717, 1.165) is 19.5 Å². The topological polar surface area (TPSA) is 15.3 Å². The lowest BCUT2D eigenvalue weighted by atomic mass is 10.3. The molecule has 0 fully saturated rings. The molecule has 0 aromatic carbocycles. The van der Waals surface area contributed by atoms with Gasteiger partial charge < -0.3 is 10.2 Å². The quantitative estimate of drug-likeness (QED) is 0.460. The van der Waals surface area contributed by atoms with E-state index in [0.29, 0.717) is 0 Å². The second-order valence-electron chi connectivity index (χ2n) is 3.26. The minimum atomic E-state index is 1.11. The summed E-state index contributed by atoms with van der Waals surface area (Å²) in [6.07, 6.45) is 6.68. The molecule has 0 rings (SSSR count). The number of nitrogens with one attached hydrogen (secondary N) is 1. The second-order valence-corrected chi connectivity index (χ2v) is 3.26. The molecule has 2 heteroatoms. The van der Waals surface area contributed by atoms with Gasteiger partial charge >= 0.3 is 0 Å². The third-order valence-corrected chi connectivity index (χ3v) is 1.68. The van der Waals surface area contributed by atoms with Gasteiger partial charge in [0.25, 0.3) is 0 Å². The van der Waals surface area contributed by atoms with E-state index in [2.05, 4.69) is 43.4 Å². The van der Waals surface area contributed by atoms with Crippen molar-refractivity contribution >= 4 is 0 Å². The fourth-order valence-electron chi connectivity index (χ4n) is 0.997. The maximum absolute atomic E-state index is 3.40. The molecule has 0 aromatic rings. The number of allylic oxidation sites excluding steroid dienone is 1. The summed E-state index contributed by atoms with van der Waals surface area (Å²) in [5, 5.41) is 3.40. The van der Waals surface area contributed by atoms with Crippen molar-refractivity contribution in [2.45, 2.75) is 19.8 Å². The van der Waals surface area contributed by atoms with Crippen molar-refractivity contribution in [1.82, 2.24) is 10.2 Å². The first-order chi connectivity index (χ1) is 5.77. The number of hydrogen-bond donors (Lipinski definition) is 1. The van der Waals surface area contributed by atoms with Crippen LogP contribution in [0.25, 0.3) is 0 Å². The summed E-state index contributed by atoms with van der Waals surface area (Å²) in [6.45, 7) is 5.48. The van der Waals surface area contributed by atoms with Crippen LogP contribution in [0, 0.1) is 0 Å². The molecule has 0 saturated heterocycles. The highest BCUT2D eigenvalue weighted by Gasteiger charge is 1.89. The number of nitrogens with zero attached hydrogens (tertiary/aromatic N) is 1. The Morgan fingerprint density at radius 2 is 2.00 bits per heavy atom. The maximum atomic E-state index is 3.40. The Kier molecular flexibility index (Phi) is 8.51. The summed E-state index contributed by atoms with van der Waals surface area (Å²) in [4.78, 5) is 2.22. The van der Waals surface area contributed by atoms with Gasteiger partial charge in [-0.25, -0.2) is 0 Å². The lowest BCUT2D eigenvalue weighted by Gasteiger charge is -2.08. The molecule has 12 heavy (non-hydrogen) atoms. The van der Waals surface area contributed by atoms with Crippen molar-refractivity contribution in [2.75, 3.05) is 33.7 Å². The summed E-state index contributed by atoms with van der Waals surface area (Å²) in [7, 11) is 4.22. The van der Waals surface area contributed by atoms with Crippen LogP contribution in [-0.4, -0.2) is 38.6 Å². The van der Waals surface area contributed by atoms with Gasteiger partial charge in [-0.1, -0.05) is 12.2 Å². The average molecular weight is 170 g/mol. The predicted molar refractivity (Wildman–Crippen MR) is 55.5 cm³/mol. The largest absolute Gasteiger partial charge is 0.316 e. The standard InChI is InChI=1S/C10H22N2/c1-4-5-6-8-11-9-7-10-12(2)3/h4-5,11H,6-10H2,1-3H3/b5-4+. The van der Waals surface area contributed by atoms with Gasteiger partial charge in [0.2, 0.25) is 0 Å². The Bertz CT molecular complexity index is 108. The summed E-state index contributed by atoms with van der Waals surface area (Å²) in [6, 6.07) is 0. The fourth-order valence-corrected chi connectivity index (χ4v) is 0.997. The molecule has 0 amide bonds. The Morgan fingerprint density at radius 1 is 1.25 bits per heavy atom. The Hall–Kier alpha value is -0.340. The van der Waals surface area contributed by atoms with Crippen molar-refractivity contribution in [2.24, 2.45) is 0 Å². The van der Waals surface area contributed by atoms with Gasteiger partial charge in [0.05, 0.1) is 0 Å². The van der Waals surface area contributed by atoms with Crippen molar-refractivity contribution in [3.63, 3.8) is 0 Å². The first-order valence-corrected chi connectivity index (χ1v) is 4.74. The van der Waals surface area contributed by atoms with Crippen LogP contribution < -0.4 is 5.32 Å². The highest BCUT2D eigenvalue weighted by Crippen LogP contribution is 1.82. The van der Waals surface area contributed by atoms with E-state index in [9.17, 15) is 0 Å². The van der Waals surface area contributed by atoms with E-state index in [1.807, 2.05) is 0 Å². The van der Waals surface area contributed by atoms with Crippen LogP contribution in [0.5, 0.6) is 0 Å². The van der Waals surface area contributed by atoms with Crippen LogP contribution in [0.15, 0.2) is 12.2 Å². The second kappa shape index (κ2) is 8.75. The van der Waals surface area contributed by atoms with Gasteiger partial charge in [-0.15, -0.1) is 0 Å². The Labute approximate surface area is 76.6 Å². The first-order valence-electron chi connectivity index (χ1n) is 4.74. The summed E-state index contributed by atoms with van der Waals surface area (Å²) in [5.41, 5.74) is 0. The van der Waals surface area contributed by atoms with Gasteiger partial charge in [-0.3, -0.25) is 0 Å². The zero-order valence-corrected chi connectivity index (χ0v) is 8.64. The monoisotopic (exact) mass is 170 g/mol. The molecule has 0 saturated carbocycles. The van der Waals surface area contributed by atoms with Gasteiger partial charge in [0, 0.05) is 0 Å². The minimum Gasteiger partial charge on any atom is -0.316 e. The zero-order chi connectivity index (χ0) is 9.23. The summed E-state index contributed by atoms with van der Waals surface area (Å²) >= 11 is 0. The van der Waals surface area contributed by atoms with Crippen molar-refractivity contribution < 1.29 is 0 Å². The molecule has 0 aliphatic carbocycles. The molecule has 0 radical (unpaired) electrons. The molecule has 0 unspecified atom stereocenters. The van der Waals surface area contributed by atoms with E-state index in [1.54, 1.807) is 0 Å². The summed E-state index contributed by atoms with van der Waals surface area (Å²) < 4.78 is 0. The van der Waals surface area contributed by atoms with E-state index in [1.165, 1.54) is 13.0 Å². The van der Waals surface area contributed by atoms with E-state index in [-0.39, 0.29) is 0 Å². The molecule has 0 aromatic heterocycles. The third kappa shape index (κ3) is 9.66. The number of rotatable bonds is 7. The van der Waals surface area contributed by atoms with Gasteiger partial charge in [-0.05, 0) is 53.5 Å². The van der Waals surface area contributed by atoms with Gasteiger partial charge in [-0.2, -0.15) is 0 Å². The smallest absolute Gasteiger partial charge is 0.00127 e.